The molecule has 0 fully saturated rings. The fraction of sp³-hybridized carbons (Fsp3) is 0.167. The summed E-state index contributed by atoms with van der Waals surface area (Å²) in [4.78, 5) is 26.1. The Bertz CT molecular complexity index is 1730. The second-order valence-corrected chi connectivity index (χ2v) is 8.86. The van der Waals surface area contributed by atoms with Crippen LogP contribution < -0.4 is 24.3 Å². The number of ether oxygens (including phenoxy) is 4. The number of hydrogen-bond acceptors (Lipinski definition) is 9. The van der Waals surface area contributed by atoms with Crippen LogP contribution in [0.5, 0.6) is 28.7 Å². The lowest BCUT2D eigenvalue weighted by Crippen LogP contribution is -2.15. The van der Waals surface area contributed by atoms with E-state index in [1.54, 1.807) is 74.0 Å². The van der Waals surface area contributed by atoms with Crippen LogP contribution in [0.15, 0.2) is 74.0 Å². The number of rotatable bonds is 10. The van der Waals surface area contributed by atoms with Gasteiger partial charge in [0.2, 0.25) is 0 Å². The predicted octanol–water partition coefficient (Wildman–Crippen LogP) is 5.70. The Kier molecular flexibility index (Phi) is 7.77. The number of nitrogens with zero attached hydrogens (tertiary/aromatic N) is 5. The third kappa shape index (κ3) is 5.64. The Morgan fingerprint density at radius 3 is 2.49 bits per heavy atom. The Labute approximate surface area is 236 Å². The first-order valence-corrected chi connectivity index (χ1v) is 12.7. The molecule has 11 heteroatoms. The van der Waals surface area contributed by atoms with Gasteiger partial charge in [-0.25, -0.2) is 9.67 Å². The molecule has 0 radical (unpaired) electrons. The molecule has 5 rings (SSSR count). The van der Waals surface area contributed by atoms with Gasteiger partial charge in [-0.15, -0.1) is 0 Å². The lowest BCUT2D eigenvalue weighted by Gasteiger charge is -2.12. The molecule has 5 aromatic rings. The minimum Gasteiger partial charge on any atom is -0.493 e. The maximum atomic E-state index is 13.2. The van der Waals surface area contributed by atoms with Crippen LogP contribution in [0.1, 0.15) is 29.9 Å². The number of methoxy groups -OCH3 is 2. The minimum absolute atomic E-state index is 0.109. The monoisotopic (exact) mass is 552 g/mol. The van der Waals surface area contributed by atoms with E-state index < -0.39 is 5.91 Å². The number of nitrogens with one attached hydrogen (secondary N) is 1. The second kappa shape index (κ2) is 11.7. The average Bonchev–Trinajstić information content (AvgIpc) is 3.41. The second-order valence-electron chi connectivity index (χ2n) is 8.86. The van der Waals surface area contributed by atoms with Crippen molar-refractivity contribution >= 4 is 28.2 Å². The first-order valence-electron chi connectivity index (χ1n) is 12.7. The van der Waals surface area contributed by atoms with Crippen LogP contribution in [-0.2, 0) is 0 Å². The van der Waals surface area contributed by atoms with E-state index in [9.17, 15) is 4.79 Å². The number of carbonyl (C=O) groups is 1. The first kappa shape index (κ1) is 27.1. The zero-order valence-electron chi connectivity index (χ0n) is 23.0. The zero-order valence-corrected chi connectivity index (χ0v) is 23.0. The van der Waals surface area contributed by atoms with Crippen LogP contribution in [0.4, 0.5) is 5.82 Å². The van der Waals surface area contributed by atoms with Crippen molar-refractivity contribution in [2.45, 2.75) is 13.8 Å². The molecule has 0 saturated heterocycles. The number of carbonyl (C=O) groups excluding carboxylic acids is 1. The Morgan fingerprint density at radius 1 is 0.976 bits per heavy atom. The van der Waals surface area contributed by atoms with E-state index >= 15 is 0 Å². The van der Waals surface area contributed by atoms with Gasteiger partial charge in [0.25, 0.3) is 5.91 Å². The van der Waals surface area contributed by atoms with Crippen molar-refractivity contribution in [2.24, 2.45) is 0 Å². The van der Waals surface area contributed by atoms with E-state index in [1.807, 2.05) is 19.9 Å². The molecule has 0 spiro atoms. The quantitative estimate of drug-likeness (QED) is 0.232. The van der Waals surface area contributed by atoms with E-state index in [2.05, 4.69) is 31.9 Å². The summed E-state index contributed by atoms with van der Waals surface area (Å²) in [7, 11) is 3.14. The lowest BCUT2D eigenvalue weighted by atomic mass is 10.1. The number of pyridine rings is 3. The number of hydrogen-bond donors (Lipinski definition) is 1. The molecule has 0 aliphatic carbocycles. The highest BCUT2D eigenvalue weighted by atomic mass is 16.5. The lowest BCUT2D eigenvalue weighted by molar-refractivity contribution is 0.101. The number of aromatic nitrogens is 5. The van der Waals surface area contributed by atoms with Gasteiger partial charge in [0, 0.05) is 29.4 Å². The summed E-state index contributed by atoms with van der Waals surface area (Å²) >= 11 is 0. The maximum Gasteiger partial charge on any atom is 0.281 e. The van der Waals surface area contributed by atoms with Crippen LogP contribution >= 0.6 is 0 Å². The van der Waals surface area contributed by atoms with Crippen molar-refractivity contribution in [3.05, 3.63) is 85.2 Å². The zero-order chi connectivity index (χ0) is 28.9. The van der Waals surface area contributed by atoms with Gasteiger partial charge in [-0.3, -0.25) is 14.8 Å². The summed E-state index contributed by atoms with van der Waals surface area (Å²) in [6.07, 6.45) is 8.15. The van der Waals surface area contributed by atoms with Crippen molar-refractivity contribution in [3.8, 4) is 34.4 Å². The Morgan fingerprint density at radius 2 is 1.78 bits per heavy atom. The van der Waals surface area contributed by atoms with Crippen molar-refractivity contribution < 1.29 is 23.7 Å². The summed E-state index contributed by atoms with van der Waals surface area (Å²) < 4.78 is 24.1. The van der Waals surface area contributed by atoms with E-state index in [1.165, 1.54) is 6.20 Å². The fourth-order valence-electron chi connectivity index (χ4n) is 4.18. The standard InChI is InChI=1S/C30H28N6O5/c1-6-40-27-17-36(23-16-31-11-9-20(23)18(2)3)35-29(27)30(37)34-28-8-7-19(15-33-28)41-24-10-12-32-22-14-26(39-5)25(38-4)13-21(22)24/h7-17H,2,6H2,1,3-5H3,(H,33,34,37). The van der Waals surface area contributed by atoms with Gasteiger partial charge in [0.15, 0.2) is 22.9 Å². The molecular formula is C30H28N6O5. The smallest absolute Gasteiger partial charge is 0.281 e. The molecule has 208 valence electrons. The summed E-state index contributed by atoms with van der Waals surface area (Å²) in [5.41, 5.74) is 3.17. The molecular weight excluding hydrogens is 524 g/mol. The first-order chi connectivity index (χ1) is 19.9. The van der Waals surface area contributed by atoms with Gasteiger partial charge >= 0.3 is 0 Å². The molecule has 0 aliphatic rings. The van der Waals surface area contributed by atoms with E-state index in [0.717, 1.165) is 16.5 Å². The van der Waals surface area contributed by atoms with Crippen LogP contribution in [-0.4, -0.2) is 51.5 Å². The third-order valence-corrected chi connectivity index (χ3v) is 6.11. The molecule has 0 saturated carbocycles. The number of allylic oxidation sites excluding steroid dienone is 1. The Hall–Kier alpha value is -5.45. The van der Waals surface area contributed by atoms with Gasteiger partial charge in [0.05, 0.1) is 50.6 Å². The van der Waals surface area contributed by atoms with Gasteiger partial charge in [-0.2, -0.15) is 5.10 Å². The highest BCUT2D eigenvalue weighted by Crippen LogP contribution is 2.37. The van der Waals surface area contributed by atoms with Gasteiger partial charge < -0.3 is 24.3 Å². The average molecular weight is 553 g/mol. The van der Waals surface area contributed by atoms with Crippen LogP contribution in [0.25, 0.3) is 22.2 Å². The van der Waals surface area contributed by atoms with Crippen molar-refractivity contribution in [1.29, 1.82) is 0 Å². The molecule has 4 aromatic heterocycles. The van der Waals surface area contributed by atoms with Crippen LogP contribution in [0.2, 0.25) is 0 Å². The summed E-state index contributed by atoms with van der Waals surface area (Å²) in [6.45, 7) is 8.11. The van der Waals surface area contributed by atoms with Crippen molar-refractivity contribution in [1.82, 2.24) is 24.7 Å². The van der Waals surface area contributed by atoms with Crippen molar-refractivity contribution in [3.63, 3.8) is 0 Å². The molecule has 0 aliphatic heterocycles. The molecule has 4 heterocycles. The normalized spacial score (nSPS) is 10.7. The number of amides is 1. The van der Waals surface area contributed by atoms with Gasteiger partial charge in [-0.1, -0.05) is 6.58 Å². The summed E-state index contributed by atoms with van der Waals surface area (Å²) in [6, 6.07) is 10.5. The third-order valence-electron chi connectivity index (χ3n) is 6.11. The number of benzene rings is 1. The highest BCUT2D eigenvalue weighted by Gasteiger charge is 2.21. The van der Waals surface area contributed by atoms with Gasteiger partial charge in [0.1, 0.15) is 17.3 Å². The van der Waals surface area contributed by atoms with E-state index in [-0.39, 0.29) is 5.69 Å². The molecule has 0 unspecified atom stereocenters. The largest absolute Gasteiger partial charge is 0.493 e. The van der Waals surface area contributed by atoms with E-state index in [0.29, 0.717) is 52.4 Å². The number of anilines is 1. The molecule has 1 aromatic carbocycles. The Balaban J connectivity index is 1.36. The number of fused-ring (bicyclic) bond motifs is 1. The molecule has 41 heavy (non-hydrogen) atoms. The topological polar surface area (TPSA) is 123 Å². The predicted molar refractivity (Wildman–Crippen MR) is 154 cm³/mol. The molecule has 11 nitrogen and oxygen atoms in total. The molecule has 1 N–H and O–H groups in total. The minimum atomic E-state index is -0.477. The fourth-order valence-corrected chi connectivity index (χ4v) is 4.18. The van der Waals surface area contributed by atoms with Crippen LogP contribution in [0.3, 0.4) is 0 Å². The molecule has 1 amide bonds. The summed E-state index contributed by atoms with van der Waals surface area (Å²) in [5, 5.41) is 8.00. The van der Waals surface area contributed by atoms with E-state index in [4.69, 9.17) is 18.9 Å². The van der Waals surface area contributed by atoms with Crippen LogP contribution in [0, 0.1) is 0 Å². The van der Waals surface area contributed by atoms with Crippen molar-refractivity contribution in [2.75, 3.05) is 26.1 Å². The summed E-state index contributed by atoms with van der Waals surface area (Å²) in [5.74, 6) is 2.32. The highest BCUT2D eigenvalue weighted by molar-refractivity contribution is 6.04. The van der Waals surface area contributed by atoms with Gasteiger partial charge in [-0.05, 0) is 49.8 Å². The molecule has 0 atom stereocenters. The molecule has 0 bridgehead atoms. The SMILES string of the molecule is C=C(C)c1ccncc1-n1cc(OCC)c(C(=O)Nc2ccc(Oc3ccnc4cc(OC)c(OC)cc34)cn2)n1. The maximum absolute atomic E-state index is 13.2.